The fraction of sp³-hybridized carbons (Fsp3) is 0. The highest BCUT2D eigenvalue weighted by atomic mass is 19.2. The Hall–Kier alpha value is -2.99. The number of hydrogen-bond donors (Lipinski definition) is 1. The number of benzene rings is 2. The van der Waals surface area contributed by atoms with Gasteiger partial charge in [-0.1, -0.05) is 0 Å². The molecule has 26 heavy (non-hydrogen) atoms. The first kappa shape index (κ1) is 19.3. The summed E-state index contributed by atoms with van der Waals surface area (Å²) in [7, 11) is 0. The quantitative estimate of drug-likeness (QED) is 0.448. The molecular weight excluding hydrogens is 392 g/mol. The van der Waals surface area contributed by atoms with E-state index in [0.29, 0.717) is 0 Å². The van der Waals surface area contributed by atoms with Crippen molar-refractivity contribution in [1.29, 1.82) is 0 Å². The standard InChI is InChI=1S/C13HF10NO2/c14-1-3(16)7(20)11(8(21)4(1)17)24(13(25)26)12-9(22)5(18)2(15)6(19)10(12)23/h(H,25,26). The van der Waals surface area contributed by atoms with Crippen LogP contribution in [-0.4, -0.2) is 11.2 Å². The highest BCUT2D eigenvalue weighted by Crippen LogP contribution is 2.39. The highest BCUT2D eigenvalue weighted by Gasteiger charge is 2.38. The zero-order valence-corrected chi connectivity index (χ0v) is 11.6. The summed E-state index contributed by atoms with van der Waals surface area (Å²) in [5.41, 5.74) is -4.92. The molecule has 0 radical (unpaired) electrons. The summed E-state index contributed by atoms with van der Waals surface area (Å²) in [5, 5.41) is 8.86. The van der Waals surface area contributed by atoms with Gasteiger partial charge in [-0.3, -0.25) is 0 Å². The molecule has 0 fully saturated rings. The zero-order chi connectivity index (χ0) is 20.1. The van der Waals surface area contributed by atoms with Gasteiger partial charge in [0.15, 0.2) is 46.5 Å². The summed E-state index contributed by atoms with van der Waals surface area (Å²) < 4.78 is 134. The van der Waals surface area contributed by atoms with Gasteiger partial charge < -0.3 is 5.11 Å². The minimum absolute atomic E-state index is 1.29. The number of halogens is 10. The van der Waals surface area contributed by atoms with Gasteiger partial charge in [-0.15, -0.1) is 0 Å². The van der Waals surface area contributed by atoms with Gasteiger partial charge in [0.05, 0.1) is 0 Å². The van der Waals surface area contributed by atoms with Crippen molar-refractivity contribution in [2.75, 3.05) is 4.90 Å². The molecule has 0 aliphatic heterocycles. The van der Waals surface area contributed by atoms with Gasteiger partial charge in [-0.2, -0.15) is 0 Å². The van der Waals surface area contributed by atoms with Crippen LogP contribution in [0.3, 0.4) is 0 Å². The van der Waals surface area contributed by atoms with Crippen LogP contribution in [0.25, 0.3) is 0 Å². The van der Waals surface area contributed by atoms with Gasteiger partial charge in [0, 0.05) is 0 Å². The van der Waals surface area contributed by atoms with E-state index >= 15 is 0 Å². The fourth-order valence-corrected chi connectivity index (χ4v) is 1.88. The number of hydrogen-bond acceptors (Lipinski definition) is 1. The Morgan fingerprint density at radius 1 is 0.500 bits per heavy atom. The predicted molar refractivity (Wildman–Crippen MR) is 62.6 cm³/mol. The SMILES string of the molecule is O=C(O)N(c1c(F)c(F)c(F)c(F)c1F)c1c(F)c(F)c(F)c(F)c1F. The first-order chi connectivity index (χ1) is 11.9. The molecule has 13 heteroatoms. The third-order valence-corrected chi connectivity index (χ3v) is 3.01. The van der Waals surface area contributed by atoms with Gasteiger partial charge in [-0.05, 0) is 0 Å². The Morgan fingerprint density at radius 2 is 0.692 bits per heavy atom. The van der Waals surface area contributed by atoms with Gasteiger partial charge in [0.25, 0.3) is 0 Å². The van der Waals surface area contributed by atoms with Crippen LogP contribution in [0.5, 0.6) is 0 Å². The van der Waals surface area contributed by atoms with E-state index in [1.165, 1.54) is 0 Å². The van der Waals surface area contributed by atoms with E-state index < -0.39 is 80.5 Å². The Labute approximate surface area is 135 Å². The van der Waals surface area contributed by atoms with Crippen molar-refractivity contribution in [2.24, 2.45) is 0 Å². The highest BCUT2D eigenvalue weighted by molar-refractivity contribution is 5.95. The Kier molecular flexibility index (Phi) is 4.75. The number of amides is 1. The lowest BCUT2D eigenvalue weighted by Gasteiger charge is -2.22. The summed E-state index contributed by atoms with van der Waals surface area (Å²) in [5.74, 6) is -27.9. The van der Waals surface area contributed by atoms with Crippen molar-refractivity contribution in [3.8, 4) is 0 Å². The van der Waals surface area contributed by atoms with Crippen LogP contribution in [0.2, 0.25) is 0 Å². The van der Waals surface area contributed by atoms with E-state index in [9.17, 15) is 48.7 Å². The van der Waals surface area contributed by atoms with Crippen LogP contribution in [0.1, 0.15) is 0 Å². The lowest BCUT2D eigenvalue weighted by atomic mass is 10.2. The number of carboxylic acid groups (broad SMARTS) is 1. The summed E-state index contributed by atoms with van der Waals surface area (Å²) >= 11 is 0. The van der Waals surface area contributed by atoms with E-state index in [1.807, 2.05) is 0 Å². The molecule has 0 aromatic heterocycles. The van der Waals surface area contributed by atoms with Crippen molar-refractivity contribution in [3.63, 3.8) is 0 Å². The third kappa shape index (κ3) is 2.59. The van der Waals surface area contributed by atoms with Crippen LogP contribution < -0.4 is 4.90 Å². The summed E-state index contributed by atoms with van der Waals surface area (Å²) in [4.78, 5) is 9.82. The van der Waals surface area contributed by atoms with E-state index in [4.69, 9.17) is 5.11 Å². The topological polar surface area (TPSA) is 40.5 Å². The maximum Gasteiger partial charge on any atom is 0.416 e. The molecular formula is C13HF10NO2. The van der Waals surface area contributed by atoms with Gasteiger partial charge >= 0.3 is 6.09 Å². The monoisotopic (exact) mass is 393 g/mol. The van der Waals surface area contributed by atoms with Crippen molar-refractivity contribution < 1.29 is 53.8 Å². The van der Waals surface area contributed by atoms with Crippen LogP contribution in [-0.2, 0) is 0 Å². The second-order valence-electron chi connectivity index (χ2n) is 4.46. The molecule has 2 rings (SSSR count). The van der Waals surface area contributed by atoms with E-state index in [0.717, 1.165) is 0 Å². The number of rotatable bonds is 2. The molecule has 0 saturated carbocycles. The van der Waals surface area contributed by atoms with Gasteiger partial charge in [0.2, 0.25) is 11.6 Å². The summed E-state index contributed by atoms with van der Waals surface area (Å²) in [6.45, 7) is 0. The van der Waals surface area contributed by atoms with Crippen molar-refractivity contribution in [3.05, 3.63) is 58.2 Å². The fourth-order valence-electron chi connectivity index (χ4n) is 1.88. The average molecular weight is 393 g/mol. The minimum atomic E-state index is -2.81. The van der Waals surface area contributed by atoms with E-state index in [2.05, 4.69) is 0 Å². The smallest absolute Gasteiger partial charge is 0.416 e. The van der Waals surface area contributed by atoms with Crippen molar-refractivity contribution in [1.82, 2.24) is 0 Å². The number of anilines is 2. The first-order valence-corrected chi connectivity index (χ1v) is 5.99. The molecule has 0 heterocycles. The second-order valence-corrected chi connectivity index (χ2v) is 4.46. The van der Waals surface area contributed by atoms with Gasteiger partial charge in [0.1, 0.15) is 11.4 Å². The van der Waals surface area contributed by atoms with Crippen molar-refractivity contribution in [2.45, 2.75) is 0 Å². The van der Waals surface area contributed by atoms with Crippen LogP contribution in [0.15, 0.2) is 0 Å². The maximum absolute atomic E-state index is 13.7. The molecule has 2 aromatic carbocycles. The van der Waals surface area contributed by atoms with Crippen LogP contribution in [0.4, 0.5) is 60.1 Å². The normalized spacial score (nSPS) is 11.0. The Morgan fingerprint density at radius 3 is 0.885 bits per heavy atom. The van der Waals surface area contributed by atoms with Crippen LogP contribution in [0, 0.1) is 58.2 Å². The maximum atomic E-state index is 13.7. The third-order valence-electron chi connectivity index (χ3n) is 3.01. The molecule has 0 spiro atoms. The Balaban J connectivity index is 2.99. The molecule has 0 aliphatic carbocycles. The van der Waals surface area contributed by atoms with Gasteiger partial charge in [-0.25, -0.2) is 53.6 Å². The molecule has 3 nitrogen and oxygen atoms in total. The lowest BCUT2D eigenvalue weighted by molar-refractivity contribution is 0.203. The molecule has 0 unspecified atom stereocenters. The largest absolute Gasteiger partial charge is 0.464 e. The number of nitrogens with zero attached hydrogens (tertiary/aromatic N) is 1. The zero-order valence-electron chi connectivity index (χ0n) is 11.6. The molecule has 0 saturated heterocycles. The molecule has 1 N–H and O–H groups in total. The Bertz CT molecular complexity index is 818. The second kappa shape index (κ2) is 6.38. The van der Waals surface area contributed by atoms with Crippen molar-refractivity contribution >= 4 is 17.5 Å². The predicted octanol–water partition coefficient (Wildman–Crippen LogP) is 4.89. The summed E-state index contributed by atoms with van der Waals surface area (Å²) in [6.07, 6.45) is -2.81. The molecule has 0 atom stereocenters. The number of carbonyl (C=O) groups is 1. The lowest BCUT2D eigenvalue weighted by Crippen LogP contribution is -2.30. The molecule has 0 aliphatic rings. The average Bonchev–Trinajstić information content (AvgIpc) is 2.60. The minimum Gasteiger partial charge on any atom is -0.464 e. The molecule has 140 valence electrons. The molecule has 1 amide bonds. The molecule has 2 aromatic rings. The summed E-state index contributed by atoms with van der Waals surface area (Å²) in [6, 6.07) is 0. The van der Waals surface area contributed by atoms with Crippen LogP contribution >= 0.6 is 0 Å². The first-order valence-electron chi connectivity index (χ1n) is 5.99. The molecule has 0 bridgehead atoms. The van der Waals surface area contributed by atoms with E-state index in [1.54, 1.807) is 0 Å². The van der Waals surface area contributed by atoms with E-state index in [-0.39, 0.29) is 0 Å².